The average Bonchev–Trinajstić information content (AvgIpc) is 2.82. The van der Waals surface area contributed by atoms with E-state index in [9.17, 15) is 29.4 Å². The van der Waals surface area contributed by atoms with Gasteiger partial charge in [-0.05, 0) is 18.2 Å². The van der Waals surface area contributed by atoms with Gasteiger partial charge in [0.2, 0.25) is 5.91 Å². The summed E-state index contributed by atoms with van der Waals surface area (Å²) in [5, 5.41) is 23.2. The zero-order valence-electron chi connectivity index (χ0n) is 16.1. The first-order chi connectivity index (χ1) is 14.6. The molecule has 3 rings (SSSR count). The van der Waals surface area contributed by atoms with Gasteiger partial charge in [-0.25, -0.2) is 4.79 Å². The number of Topliss-reactive ketones (excluding diaryl/α,β-unsaturated/α-hetero) is 1. The van der Waals surface area contributed by atoms with Gasteiger partial charge in [-0.2, -0.15) is 0 Å². The summed E-state index contributed by atoms with van der Waals surface area (Å²) in [4.78, 5) is 50.9. The quantitative estimate of drug-likeness (QED) is 0.549. The van der Waals surface area contributed by atoms with Crippen molar-refractivity contribution >= 4 is 52.6 Å². The average molecular weight is 466 g/mol. The van der Waals surface area contributed by atoms with Crippen LogP contribution in [0.1, 0.15) is 28.9 Å². The van der Waals surface area contributed by atoms with Crippen molar-refractivity contribution in [3.05, 3.63) is 57.6 Å². The molecule has 9 nitrogen and oxygen atoms in total. The largest absolute Gasteiger partial charge is 0.505 e. The number of aromatic hydroxyl groups is 1. The maximum atomic E-state index is 13.2. The summed E-state index contributed by atoms with van der Waals surface area (Å²) in [5.41, 5.74) is 0.617. The standard InChI is InChI=1S/C20H17Cl2N3O6/c1-9(26)25-8-14(23-19(29)10-6-12(21)17(27)13(22)7-10)18(28)16(24-20(30)31)11-4-2-3-5-15(11)25/h2-7,14,16,24,27H,8H2,1H3,(H,23,29)(H,30,31). The number of carbonyl (C=O) groups is 4. The van der Waals surface area contributed by atoms with E-state index in [1.165, 1.54) is 30.0 Å². The van der Waals surface area contributed by atoms with Gasteiger partial charge in [-0.15, -0.1) is 0 Å². The number of rotatable bonds is 3. The van der Waals surface area contributed by atoms with Crippen LogP contribution < -0.4 is 15.5 Å². The van der Waals surface area contributed by atoms with Crippen molar-refractivity contribution in [1.29, 1.82) is 0 Å². The molecule has 0 bridgehead atoms. The van der Waals surface area contributed by atoms with E-state index in [1.54, 1.807) is 18.2 Å². The van der Waals surface area contributed by atoms with Crippen LogP contribution in [0.25, 0.3) is 0 Å². The molecular formula is C20H17Cl2N3O6. The maximum absolute atomic E-state index is 13.2. The Morgan fingerprint density at radius 3 is 2.29 bits per heavy atom. The highest BCUT2D eigenvalue weighted by Gasteiger charge is 2.38. The van der Waals surface area contributed by atoms with Gasteiger partial charge in [-0.3, -0.25) is 14.4 Å². The summed E-state index contributed by atoms with van der Waals surface area (Å²) in [5.74, 6) is -2.19. The van der Waals surface area contributed by atoms with Gasteiger partial charge in [0.05, 0.1) is 16.6 Å². The highest BCUT2D eigenvalue weighted by atomic mass is 35.5. The van der Waals surface area contributed by atoms with Gasteiger partial charge in [-0.1, -0.05) is 41.4 Å². The number of fused-ring (bicyclic) bond motifs is 1. The van der Waals surface area contributed by atoms with Crippen molar-refractivity contribution in [2.24, 2.45) is 0 Å². The Hall–Kier alpha value is -3.30. The second-order valence-electron chi connectivity index (χ2n) is 6.79. The molecule has 0 spiro atoms. The molecule has 1 heterocycles. The van der Waals surface area contributed by atoms with Crippen LogP contribution in [0.2, 0.25) is 10.0 Å². The number of carbonyl (C=O) groups excluding carboxylic acids is 3. The molecule has 1 aliphatic heterocycles. The Kier molecular flexibility index (Phi) is 6.37. The molecule has 31 heavy (non-hydrogen) atoms. The van der Waals surface area contributed by atoms with Crippen LogP contribution in [0, 0.1) is 0 Å². The van der Waals surface area contributed by atoms with Gasteiger partial charge in [0.15, 0.2) is 11.5 Å². The molecule has 11 heteroatoms. The molecule has 4 N–H and O–H groups in total. The van der Waals surface area contributed by atoms with E-state index in [1.807, 2.05) is 0 Å². The van der Waals surface area contributed by atoms with Crippen LogP contribution in [0.3, 0.4) is 0 Å². The first-order valence-electron chi connectivity index (χ1n) is 8.99. The minimum Gasteiger partial charge on any atom is -0.505 e. The fourth-order valence-electron chi connectivity index (χ4n) is 3.33. The second-order valence-corrected chi connectivity index (χ2v) is 7.60. The van der Waals surface area contributed by atoms with Crippen LogP contribution in [0.4, 0.5) is 10.5 Å². The number of hydrogen-bond acceptors (Lipinski definition) is 5. The molecule has 3 amide bonds. The SMILES string of the molecule is CC(=O)N1CC(NC(=O)c2cc(Cl)c(O)c(Cl)c2)C(=O)C(NC(=O)O)c2ccccc21. The zero-order chi connectivity index (χ0) is 22.9. The van der Waals surface area contributed by atoms with Crippen LogP contribution in [-0.2, 0) is 9.59 Å². The summed E-state index contributed by atoms with van der Waals surface area (Å²) in [6.07, 6.45) is -1.44. The number of benzene rings is 2. The van der Waals surface area contributed by atoms with E-state index in [4.69, 9.17) is 23.2 Å². The molecule has 0 fully saturated rings. The highest BCUT2D eigenvalue weighted by Crippen LogP contribution is 2.34. The predicted octanol–water partition coefficient (Wildman–Crippen LogP) is 2.74. The first-order valence-corrected chi connectivity index (χ1v) is 9.74. The molecule has 0 saturated heterocycles. The van der Waals surface area contributed by atoms with Crippen molar-refractivity contribution in [1.82, 2.24) is 10.6 Å². The smallest absolute Gasteiger partial charge is 0.405 e. The van der Waals surface area contributed by atoms with Gasteiger partial charge in [0, 0.05) is 23.7 Å². The lowest BCUT2D eigenvalue weighted by Gasteiger charge is -2.24. The number of carboxylic acid groups (broad SMARTS) is 1. The maximum Gasteiger partial charge on any atom is 0.405 e. The lowest BCUT2D eigenvalue weighted by molar-refractivity contribution is -0.122. The monoisotopic (exact) mass is 465 g/mol. The number of nitrogens with zero attached hydrogens (tertiary/aromatic N) is 1. The number of halogens is 2. The normalized spacial score (nSPS) is 18.0. The number of para-hydroxylation sites is 1. The number of phenolic OH excluding ortho intramolecular Hbond substituents is 1. The van der Waals surface area contributed by atoms with Crippen molar-refractivity contribution in [3.63, 3.8) is 0 Å². The topological polar surface area (TPSA) is 136 Å². The molecule has 2 aromatic carbocycles. The Labute approximate surface area is 186 Å². The summed E-state index contributed by atoms with van der Waals surface area (Å²) >= 11 is 11.7. The number of anilines is 1. The van der Waals surface area contributed by atoms with Crippen molar-refractivity contribution in [3.8, 4) is 5.75 Å². The van der Waals surface area contributed by atoms with Crippen LogP contribution >= 0.6 is 23.2 Å². The minimum absolute atomic E-state index is 0.0283. The fourth-order valence-corrected chi connectivity index (χ4v) is 3.82. The number of ketones is 1. The Bertz CT molecular complexity index is 1070. The third kappa shape index (κ3) is 4.57. The van der Waals surface area contributed by atoms with Crippen LogP contribution in [0.15, 0.2) is 36.4 Å². The van der Waals surface area contributed by atoms with Gasteiger partial charge in [0.25, 0.3) is 5.91 Å². The van der Waals surface area contributed by atoms with E-state index < -0.39 is 41.5 Å². The summed E-state index contributed by atoms with van der Waals surface area (Å²) in [6, 6.07) is 6.17. The van der Waals surface area contributed by atoms with Crippen molar-refractivity contribution in [2.75, 3.05) is 11.4 Å². The van der Waals surface area contributed by atoms with Gasteiger partial charge < -0.3 is 25.7 Å². The molecule has 2 unspecified atom stereocenters. The number of phenols is 1. The lowest BCUT2D eigenvalue weighted by Crippen LogP contribution is -2.51. The third-order valence-corrected chi connectivity index (χ3v) is 5.34. The summed E-state index contributed by atoms with van der Waals surface area (Å²) < 4.78 is 0. The van der Waals surface area contributed by atoms with E-state index in [0.717, 1.165) is 0 Å². The van der Waals surface area contributed by atoms with Crippen LogP contribution in [-0.4, -0.2) is 46.5 Å². The number of nitrogens with one attached hydrogen (secondary N) is 2. The molecule has 0 aromatic heterocycles. The third-order valence-electron chi connectivity index (χ3n) is 4.76. The van der Waals surface area contributed by atoms with E-state index >= 15 is 0 Å². The molecule has 162 valence electrons. The summed E-state index contributed by atoms with van der Waals surface area (Å²) in [6.45, 7) is 1.08. The molecule has 0 saturated carbocycles. The van der Waals surface area contributed by atoms with Crippen molar-refractivity contribution in [2.45, 2.75) is 19.0 Å². The second kappa shape index (κ2) is 8.83. The lowest BCUT2D eigenvalue weighted by atomic mass is 9.98. The van der Waals surface area contributed by atoms with Gasteiger partial charge in [0.1, 0.15) is 12.1 Å². The Balaban J connectivity index is 2.00. The summed E-state index contributed by atoms with van der Waals surface area (Å²) in [7, 11) is 0. The Morgan fingerprint density at radius 2 is 1.71 bits per heavy atom. The molecule has 0 radical (unpaired) electrons. The molecule has 1 aliphatic rings. The first kappa shape index (κ1) is 22.4. The molecule has 0 aliphatic carbocycles. The van der Waals surface area contributed by atoms with Crippen LogP contribution in [0.5, 0.6) is 5.75 Å². The van der Waals surface area contributed by atoms with E-state index in [0.29, 0.717) is 5.69 Å². The minimum atomic E-state index is -1.44. The Morgan fingerprint density at radius 1 is 1.10 bits per heavy atom. The zero-order valence-corrected chi connectivity index (χ0v) is 17.6. The molecule has 2 atom stereocenters. The van der Waals surface area contributed by atoms with Gasteiger partial charge >= 0.3 is 6.09 Å². The molecular weight excluding hydrogens is 449 g/mol. The number of hydrogen-bond donors (Lipinski definition) is 4. The van der Waals surface area contributed by atoms with Crippen molar-refractivity contribution < 1.29 is 29.4 Å². The predicted molar refractivity (Wildman–Crippen MR) is 113 cm³/mol. The van der Waals surface area contributed by atoms with E-state index in [-0.39, 0.29) is 27.7 Å². The highest BCUT2D eigenvalue weighted by molar-refractivity contribution is 6.37. The van der Waals surface area contributed by atoms with E-state index in [2.05, 4.69) is 10.6 Å². The molecule has 2 aromatic rings. The fraction of sp³-hybridized carbons (Fsp3) is 0.200. The number of amides is 3.